The number of hydrogen-bond acceptors (Lipinski definition) is 2. The minimum absolute atomic E-state index is 0.117. The molecule has 1 amide bonds. The molecule has 2 saturated heterocycles. The molecular formula is C29H31ClN2O. The molecule has 0 aromatic heterocycles. The van der Waals surface area contributed by atoms with E-state index in [9.17, 15) is 4.79 Å². The van der Waals surface area contributed by atoms with Crippen molar-refractivity contribution in [2.45, 2.75) is 44.2 Å². The molecule has 1 spiro atoms. The smallest absolute Gasteiger partial charge is 0.227 e. The predicted molar refractivity (Wildman–Crippen MR) is 135 cm³/mol. The Balaban J connectivity index is 1.26. The van der Waals surface area contributed by atoms with E-state index in [4.69, 9.17) is 11.6 Å². The van der Waals surface area contributed by atoms with Crippen molar-refractivity contribution in [2.24, 2.45) is 0 Å². The summed E-state index contributed by atoms with van der Waals surface area (Å²) in [6.45, 7) is 3.78. The maximum Gasteiger partial charge on any atom is 0.227 e. The summed E-state index contributed by atoms with van der Waals surface area (Å²) in [6.07, 6.45) is 5.10. The number of hydrogen-bond donors (Lipinski definition) is 0. The van der Waals surface area contributed by atoms with Crippen molar-refractivity contribution in [3.8, 4) is 11.1 Å². The van der Waals surface area contributed by atoms with Gasteiger partial charge in [0.2, 0.25) is 5.91 Å². The highest BCUT2D eigenvalue weighted by Gasteiger charge is 2.44. The van der Waals surface area contributed by atoms with Gasteiger partial charge in [0.1, 0.15) is 0 Å². The number of amides is 1. The van der Waals surface area contributed by atoms with Crippen molar-refractivity contribution >= 4 is 17.5 Å². The molecule has 3 nitrogen and oxygen atoms in total. The van der Waals surface area contributed by atoms with Crippen LogP contribution in [0.15, 0.2) is 78.9 Å². The summed E-state index contributed by atoms with van der Waals surface area (Å²) in [7, 11) is 0. The molecule has 3 aromatic carbocycles. The van der Waals surface area contributed by atoms with E-state index in [0.29, 0.717) is 11.4 Å². The number of rotatable bonds is 5. The van der Waals surface area contributed by atoms with Gasteiger partial charge < -0.3 is 4.90 Å². The summed E-state index contributed by atoms with van der Waals surface area (Å²) in [5.74, 6) is 0.232. The van der Waals surface area contributed by atoms with E-state index in [1.165, 1.54) is 36.0 Å². The third kappa shape index (κ3) is 5.00. The van der Waals surface area contributed by atoms with E-state index in [1.54, 1.807) is 0 Å². The molecule has 0 saturated carbocycles. The second-order valence-electron chi connectivity index (χ2n) is 9.53. The molecule has 0 radical (unpaired) electrons. The molecule has 1 unspecified atom stereocenters. The van der Waals surface area contributed by atoms with E-state index in [0.717, 1.165) is 38.2 Å². The summed E-state index contributed by atoms with van der Waals surface area (Å²) >= 11 is 6.00. The second kappa shape index (κ2) is 9.70. The van der Waals surface area contributed by atoms with Crippen molar-refractivity contribution in [3.05, 3.63) is 95.0 Å². The molecular weight excluding hydrogens is 428 g/mol. The Labute approximate surface area is 202 Å². The summed E-state index contributed by atoms with van der Waals surface area (Å²) in [5.41, 5.74) is 5.01. The third-order valence-corrected chi connectivity index (χ3v) is 7.60. The molecule has 0 N–H and O–H groups in total. The van der Waals surface area contributed by atoms with E-state index >= 15 is 0 Å². The van der Waals surface area contributed by atoms with Crippen LogP contribution in [0, 0.1) is 0 Å². The first-order valence-corrected chi connectivity index (χ1v) is 12.4. The van der Waals surface area contributed by atoms with Crippen molar-refractivity contribution in [1.82, 2.24) is 9.80 Å². The first-order chi connectivity index (χ1) is 16.1. The van der Waals surface area contributed by atoms with Crippen LogP contribution in [-0.4, -0.2) is 40.9 Å². The molecule has 5 rings (SSSR count). The third-order valence-electron chi connectivity index (χ3n) is 7.35. The monoisotopic (exact) mass is 458 g/mol. The Morgan fingerprint density at radius 2 is 1.42 bits per heavy atom. The lowest BCUT2D eigenvalue weighted by Crippen LogP contribution is -2.56. The highest BCUT2D eigenvalue weighted by molar-refractivity contribution is 6.30. The minimum Gasteiger partial charge on any atom is -0.341 e. The maximum absolute atomic E-state index is 13.1. The summed E-state index contributed by atoms with van der Waals surface area (Å²) in [4.78, 5) is 17.9. The van der Waals surface area contributed by atoms with Crippen LogP contribution < -0.4 is 0 Å². The normalized spacial score (nSPS) is 20.9. The van der Waals surface area contributed by atoms with Crippen molar-refractivity contribution in [3.63, 3.8) is 0 Å². The number of carbonyl (C=O) groups excluding carboxylic acids is 1. The molecule has 2 heterocycles. The van der Waals surface area contributed by atoms with Gasteiger partial charge >= 0.3 is 0 Å². The average molecular weight is 459 g/mol. The van der Waals surface area contributed by atoms with Crippen molar-refractivity contribution in [2.75, 3.05) is 19.6 Å². The van der Waals surface area contributed by atoms with Gasteiger partial charge in [0.25, 0.3) is 0 Å². The van der Waals surface area contributed by atoms with Crippen LogP contribution in [-0.2, 0) is 17.8 Å². The molecule has 2 aliphatic rings. The molecule has 1 atom stereocenters. The summed E-state index contributed by atoms with van der Waals surface area (Å²) in [5, 5.41) is 0.710. The van der Waals surface area contributed by atoms with Gasteiger partial charge in [-0.3, -0.25) is 9.69 Å². The summed E-state index contributed by atoms with van der Waals surface area (Å²) < 4.78 is 0. The van der Waals surface area contributed by atoms with Crippen LogP contribution >= 0.6 is 11.6 Å². The quantitative estimate of drug-likeness (QED) is 0.454. The van der Waals surface area contributed by atoms with Crippen LogP contribution in [0.5, 0.6) is 0 Å². The highest BCUT2D eigenvalue weighted by atomic mass is 35.5. The number of carbonyl (C=O) groups is 1. The number of likely N-dealkylation sites (tertiary alicyclic amines) is 2. The lowest BCUT2D eigenvalue weighted by molar-refractivity contribution is -0.134. The Morgan fingerprint density at radius 3 is 2.15 bits per heavy atom. The Bertz CT molecular complexity index is 1080. The molecule has 0 bridgehead atoms. The molecule has 170 valence electrons. The number of piperidine rings is 1. The number of halogens is 1. The van der Waals surface area contributed by atoms with Crippen molar-refractivity contribution < 1.29 is 4.79 Å². The fraction of sp³-hybridized carbons (Fsp3) is 0.345. The zero-order valence-electron chi connectivity index (χ0n) is 19.1. The van der Waals surface area contributed by atoms with E-state index in [2.05, 4.69) is 64.4 Å². The zero-order valence-corrected chi connectivity index (χ0v) is 19.8. The zero-order chi connectivity index (χ0) is 22.7. The van der Waals surface area contributed by atoms with Gasteiger partial charge in [-0.2, -0.15) is 0 Å². The average Bonchev–Trinajstić information content (AvgIpc) is 3.22. The van der Waals surface area contributed by atoms with Gasteiger partial charge in [-0.05, 0) is 66.6 Å². The van der Waals surface area contributed by atoms with Crippen LogP contribution in [0.25, 0.3) is 11.1 Å². The Hall–Kier alpha value is -2.62. The van der Waals surface area contributed by atoms with Crippen LogP contribution in [0.4, 0.5) is 0 Å². The molecule has 3 aromatic rings. The minimum atomic E-state index is 0.117. The largest absolute Gasteiger partial charge is 0.341 e. The van der Waals surface area contributed by atoms with Gasteiger partial charge in [-0.15, -0.1) is 0 Å². The van der Waals surface area contributed by atoms with Crippen LogP contribution in [0.3, 0.4) is 0 Å². The second-order valence-corrected chi connectivity index (χ2v) is 9.97. The molecule has 0 aliphatic carbocycles. The van der Waals surface area contributed by atoms with Gasteiger partial charge in [0, 0.05) is 30.2 Å². The molecule has 4 heteroatoms. The first kappa shape index (κ1) is 22.2. The number of benzene rings is 3. The number of nitrogens with zero attached hydrogens (tertiary/aromatic N) is 2. The van der Waals surface area contributed by atoms with Crippen LogP contribution in [0.2, 0.25) is 5.02 Å². The van der Waals surface area contributed by atoms with Crippen molar-refractivity contribution in [1.29, 1.82) is 0 Å². The van der Waals surface area contributed by atoms with E-state index < -0.39 is 0 Å². The van der Waals surface area contributed by atoms with Gasteiger partial charge in [-0.25, -0.2) is 0 Å². The van der Waals surface area contributed by atoms with Gasteiger partial charge in [-0.1, -0.05) is 78.3 Å². The lowest BCUT2D eigenvalue weighted by Gasteiger charge is -2.46. The molecule has 2 aliphatic heterocycles. The van der Waals surface area contributed by atoms with Gasteiger partial charge in [0.05, 0.1) is 6.42 Å². The Morgan fingerprint density at radius 1 is 0.788 bits per heavy atom. The SMILES string of the molecule is O=C(Cc1ccc(Cl)cc1)N1CCCC2(CCCN2Cc2ccc(-c3ccccc3)cc2)C1. The fourth-order valence-corrected chi connectivity index (χ4v) is 5.70. The maximum atomic E-state index is 13.1. The van der Waals surface area contributed by atoms with Gasteiger partial charge in [0.15, 0.2) is 0 Å². The topological polar surface area (TPSA) is 23.6 Å². The first-order valence-electron chi connectivity index (χ1n) is 12.0. The molecule has 33 heavy (non-hydrogen) atoms. The van der Waals surface area contributed by atoms with Crippen LogP contribution in [0.1, 0.15) is 36.8 Å². The van der Waals surface area contributed by atoms with E-state index in [-0.39, 0.29) is 11.4 Å². The van der Waals surface area contributed by atoms with E-state index in [1.807, 2.05) is 24.3 Å². The standard InChI is InChI=1S/C29H31ClN2O/c30-27-14-10-23(11-15-27)20-28(33)31-18-4-16-29(22-31)17-5-19-32(29)21-24-8-12-26(13-9-24)25-6-2-1-3-7-25/h1-3,6-15H,4-5,16-22H2. The predicted octanol–water partition coefficient (Wildman–Crippen LogP) is 6.21. The summed E-state index contributed by atoms with van der Waals surface area (Å²) in [6, 6.07) is 27.2. The highest BCUT2D eigenvalue weighted by Crippen LogP contribution is 2.38. The fourth-order valence-electron chi connectivity index (χ4n) is 5.57. The lowest BCUT2D eigenvalue weighted by atomic mass is 9.85. The Kier molecular flexibility index (Phi) is 6.52. The molecule has 2 fully saturated rings.